The molecule has 3 rings (SSSR count). The first kappa shape index (κ1) is 24.2. The fraction of sp³-hybridized carbons (Fsp3) is 0.259. The molecule has 33 heavy (non-hydrogen) atoms. The summed E-state index contributed by atoms with van der Waals surface area (Å²) in [5, 5.41) is 13.7. The van der Waals surface area contributed by atoms with Gasteiger partial charge in [-0.3, -0.25) is 9.59 Å². The predicted molar refractivity (Wildman–Crippen MR) is 126 cm³/mol. The second-order valence-electron chi connectivity index (χ2n) is 8.06. The van der Waals surface area contributed by atoms with E-state index in [2.05, 4.69) is 5.32 Å². The zero-order chi connectivity index (χ0) is 23.6. The van der Waals surface area contributed by atoms with Crippen LogP contribution in [0.2, 0.25) is 0 Å². The molecule has 172 valence electrons. The van der Waals surface area contributed by atoms with Gasteiger partial charge in [-0.15, -0.1) is 0 Å². The van der Waals surface area contributed by atoms with Gasteiger partial charge in [0, 0.05) is 12.6 Å². The zero-order valence-corrected chi connectivity index (χ0v) is 18.9. The summed E-state index contributed by atoms with van der Waals surface area (Å²) in [5.41, 5.74) is 2.17. The molecular weight excluding hydrogens is 418 g/mol. The first-order chi connectivity index (χ1) is 15.9. The summed E-state index contributed by atoms with van der Waals surface area (Å²) >= 11 is 0. The van der Waals surface area contributed by atoms with Crippen molar-refractivity contribution in [3.8, 4) is 11.5 Å². The highest BCUT2D eigenvalue weighted by Crippen LogP contribution is 2.31. The van der Waals surface area contributed by atoms with Gasteiger partial charge in [-0.1, -0.05) is 80.6 Å². The molecule has 0 radical (unpaired) electrons. The molecule has 0 saturated heterocycles. The van der Waals surface area contributed by atoms with Gasteiger partial charge >= 0.3 is 11.9 Å². The monoisotopic (exact) mass is 447 g/mol. The lowest BCUT2D eigenvalue weighted by Crippen LogP contribution is -2.28. The van der Waals surface area contributed by atoms with Crippen molar-refractivity contribution in [2.75, 3.05) is 6.54 Å². The Morgan fingerprint density at radius 1 is 0.788 bits per heavy atom. The van der Waals surface area contributed by atoms with E-state index in [9.17, 15) is 14.7 Å². The highest BCUT2D eigenvalue weighted by molar-refractivity contribution is 5.78. The third kappa shape index (κ3) is 7.86. The summed E-state index contributed by atoms with van der Waals surface area (Å²) in [7, 11) is 0. The van der Waals surface area contributed by atoms with E-state index in [1.165, 1.54) is 0 Å². The van der Waals surface area contributed by atoms with Crippen LogP contribution in [-0.2, 0) is 22.4 Å². The highest BCUT2D eigenvalue weighted by Gasteiger charge is 2.18. The Hall–Kier alpha value is -3.48. The molecule has 0 bridgehead atoms. The molecule has 0 spiro atoms. The SMILES string of the molecule is CC(C)NCC(O)c1ccc(OC(=O)Cc2ccccc2)c(OC(=O)Cc2ccccc2)c1. The lowest BCUT2D eigenvalue weighted by molar-refractivity contribution is -0.136. The maximum Gasteiger partial charge on any atom is 0.315 e. The Bertz CT molecular complexity index is 1050. The number of rotatable bonds is 10. The quantitative estimate of drug-likeness (QED) is 0.361. The second kappa shape index (κ2) is 11.9. The van der Waals surface area contributed by atoms with Crippen LogP contribution in [0.5, 0.6) is 11.5 Å². The van der Waals surface area contributed by atoms with E-state index in [0.29, 0.717) is 12.1 Å². The third-order valence-electron chi connectivity index (χ3n) is 4.90. The first-order valence-corrected chi connectivity index (χ1v) is 11.0. The van der Waals surface area contributed by atoms with Crippen LogP contribution in [0, 0.1) is 0 Å². The topological polar surface area (TPSA) is 84.9 Å². The average Bonchev–Trinajstić information content (AvgIpc) is 2.79. The van der Waals surface area contributed by atoms with E-state index < -0.39 is 18.0 Å². The maximum atomic E-state index is 12.6. The van der Waals surface area contributed by atoms with E-state index >= 15 is 0 Å². The van der Waals surface area contributed by atoms with E-state index in [-0.39, 0.29) is 30.4 Å². The Balaban J connectivity index is 1.77. The van der Waals surface area contributed by atoms with E-state index in [1.807, 2.05) is 74.5 Å². The molecule has 0 aromatic heterocycles. The molecule has 3 aromatic rings. The molecule has 1 unspecified atom stereocenters. The van der Waals surface area contributed by atoms with Crippen LogP contribution in [0.4, 0.5) is 0 Å². The Labute approximate surface area is 194 Å². The van der Waals surface area contributed by atoms with Gasteiger partial charge in [0.05, 0.1) is 18.9 Å². The van der Waals surface area contributed by atoms with Crippen LogP contribution >= 0.6 is 0 Å². The molecule has 1 atom stereocenters. The molecule has 0 aliphatic rings. The van der Waals surface area contributed by atoms with Crippen LogP contribution in [0.15, 0.2) is 78.9 Å². The number of hydrogen-bond donors (Lipinski definition) is 2. The van der Waals surface area contributed by atoms with Gasteiger partial charge in [-0.2, -0.15) is 0 Å². The van der Waals surface area contributed by atoms with Gasteiger partial charge in [-0.05, 0) is 28.8 Å². The molecular formula is C27H29NO5. The second-order valence-corrected chi connectivity index (χ2v) is 8.06. The zero-order valence-electron chi connectivity index (χ0n) is 18.9. The normalized spacial score (nSPS) is 11.8. The van der Waals surface area contributed by atoms with Crippen LogP contribution < -0.4 is 14.8 Å². The van der Waals surface area contributed by atoms with E-state index in [0.717, 1.165) is 11.1 Å². The number of hydrogen-bond acceptors (Lipinski definition) is 6. The van der Waals surface area contributed by atoms with Crippen molar-refractivity contribution in [2.24, 2.45) is 0 Å². The fourth-order valence-electron chi connectivity index (χ4n) is 3.20. The Morgan fingerprint density at radius 3 is 1.82 bits per heavy atom. The van der Waals surface area contributed by atoms with Crippen LogP contribution in [-0.4, -0.2) is 29.6 Å². The van der Waals surface area contributed by atoms with E-state index in [4.69, 9.17) is 9.47 Å². The Morgan fingerprint density at radius 2 is 1.30 bits per heavy atom. The number of nitrogens with one attached hydrogen (secondary N) is 1. The summed E-state index contributed by atoms with van der Waals surface area (Å²) in [6.07, 6.45) is -0.658. The van der Waals surface area contributed by atoms with Crippen molar-refractivity contribution in [1.29, 1.82) is 0 Å². The molecule has 6 heteroatoms. The molecule has 6 nitrogen and oxygen atoms in total. The maximum absolute atomic E-state index is 12.6. The molecule has 0 heterocycles. The summed E-state index contributed by atoms with van der Waals surface area (Å²) < 4.78 is 11.1. The van der Waals surface area contributed by atoms with Crippen molar-refractivity contribution in [1.82, 2.24) is 5.32 Å². The van der Waals surface area contributed by atoms with Gasteiger partial charge in [0.25, 0.3) is 0 Å². The van der Waals surface area contributed by atoms with Gasteiger partial charge < -0.3 is 19.9 Å². The smallest absolute Gasteiger partial charge is 0.315 e. The van der Waals surface area contributed by atoms with Crippen LogP contribution in [0.3, 0.4) is 0 Å². The lowest BCUT2D eigenvalue weighted by atomic mass is 10.1. The molecule has 0 aliphatic heterocycles. The van der Waals surface area contributed by atoms with Crippen molar-refractivity contribution < 1.29 is 24.2 Å². The standard InChI is InChI=1S/C27H29NO5/c1-19(2)28-18-23(29)22-13-14-24(32-26(30)15-20-9-5-3-6-10-20)25(17-22)33-27(31)16-21-11-7-4-8-12-21/h3-14,17,19,23,28-29H,15-16,18H2,1-2H3. The molecule has 2 N–H and O–H groups in total. The number of carbonyl (C=O) groups is 2. The summed E-state index contributed by atoms with van der Waals surface area (Å²) in [4.78, 5) is 25.1. The van der Waals surface area contributed by atoms with Crippen molar-refractivity contribution in [2.45, 2.75) is 38.8 Å². The van der Waals surface area contributed by atoms with E-state index in [1.54, 1.807) is 18.2 Å². The molecule has 0 amide bonds. The molecule has 3 aromatic carbocycles. The largest absolute Gasteiger partial charge is 0.422 e. The minimum atomic E-state index is -0.812. The van der Waals surface area contributed by atoms with Gasteiger partial charge in [-0.25, -0.2) is 0 Å². The fourth-order valence-corrected chi connectivity index (χ4v) is 3.20. The predicted octanol–water partition coefficient (Wildman–Crippen LogP) is 4.01. The number of esters is 2. The number of aliphatic hydroxyl groups is 1. The van der Waals surface area contributed by atoms with Gasteiger partial charge in [0.2, 0.25) is 0 Å². The van der Waals surface area contributed by atoms with Crippen LogP contribution in [0.1, 0.15) is 36.6 Å². The molecule has 0 fully saturated rings. The van der Waals surface area contributed by atoms with Gasteiger partial charge in [0.1, 0.15) is 0 Å². The Kier molecular flexibility index (Phi) is 8.75. The molecule has 0 aliphatic carbocycles. The van der Waals surface area contributed by atoms with Gasteiger partial charge in [0.15, 0.2) is 11.5 Å². The third-order valence-corrected chi connectivity index (χ3v) is 4.90. The average molecular weight is 448 g/mol. The number of carbonyl (C=O) groups excluding carboxylic acids is 2. The summed E-state index contributed by atoms with van der Waals surface area (Å²) in [6, 6.07) is 23.4. The minimum Gasteiger partial charge on any atom is -0.422 e. The van der Waals surface area contributed by atoms with Crippen LogP contribution in [0.25, 0.3) is 0 Å². The molecule has 0 saturated carbocycles. The highest BCUT2D eigenvalue weighted by atomic mass is 16.6. The van der Waals surface area contributed by atoms with Crippen molar-refractivity contribution in [3.63, 3.8) is 0 Å². The lowest BCUT2D eigenvalue weighted by Gasteiger charge is -2.17. The minimum absolute atomic E-state index is 0.0694. The number of benzene rings is 3. The summed E-state index contributed by atoms with van der Waals surface area (Å²) in [5.74, 6) is -0.742. The number of aliphatic hydroxyl groups excluding tert-OH is 1. The van der Waals surface area contributed by atoms with Crippen molar-refractivity contribution in [3.05, 3.63) is 95.6 Å². The first-order valence-electron chi connectivity index (χ1n) is 11.0. The summed E-state index contributed by atoms with van der Waals surface area (Å²) in [6.45, 7) is 4.31. The number of ether oxygens (including phenoxy) is 2. The van der Waals surface area contributed by atoms with Crippen molar-refractivity contribution >= 4 is 11.9 Å².